The van der Waals surface area contributed by atoms with Gasteiger partial charge in [0.25, 0.3) is 0 Å². The first kappa shape index (κ1) is 19.3. The van der Waals surface area contributed by atoms with Gasteiger partial charge < -0.3 is 24.9 Å². The van der Waals surface area contributed by atoms with Crippen LogP contribution < -0.4 is 14.8 Å². The lowest BCUT2D eigenvalue weighted by Gasteiger charge is -2.09. The molecule has 0 fully saturated rings. The molecular formula is C18H16F3N3O4. The maximum atomic E-state index is 12.2. The number of aromatic nitrogens is 2. The molecule has 0 aliphatic rings. The lowest BCUT2D eigenvalue weighted by molar-refractivity contribution is -0.274. The van der Waals surface area contributed by atoms with Crippen LogP contribution in [0.1, 0.15) is 12.8 Å². The second kappa shape index (κ2) is 8.07. The van der Waals surface area contributed by atoms with E-state index < -0.39 is 12.3 Å². The standard InChI is InChI=1S/C18H16F3N3O4/c19-18(20,21)28-12-5-3-11(4-6-12)22-17-23-14-8-7-13(10-15(14)24-17)27-9-1-2-16(25)26/h3-8,10H,1-2,9H2,(H,25,26)(H2,22,23,24). The quantitative estimate of drug-likeness (QED) is 0.488. The number of halogens is 3. The molecule has 2 aromatic carbocycles. The second-order valence-corrected chi connectivity index (χ2v) is 5.81. The van der Waals surface area contributed by atoms with Crippen LogP contribution >= 0.6 is 0 Å². The molecule has 7 nitrogen and oxygen atoms in total. The highest BCUT2D eigenvalue weighted by Crippen LogP contribution is 2.26. The molecule has 0 radical (unpaired) electrons. The van der Waals surface area contributed by atoms with E-state index in [0.717, 1.165) is 0 Å². The van der Waals surface area contributed by atoms with Crippen molar-refractivity contribution in [3.05, 3.63) is 42.5 Å². The molecule has 0 spiro atoms. The summed E-state index contributed by atoms with van der Waals surface area (Å²) < 4.78 is 45.9. The number of ether oxygens (including phenoxy) is 2. The van der Waals surface area contributed by atoms with Crippen molar-refractivity contribution in [2.24, 2.45) is 0 Å². The van der Waals surface area contributed by atoms with E-state index in [1.807, 2.05) is 0 Å². The molecule has 1 heterocycles. The number of anilines is 2. The van der Waals surface area contributed by atoms with Crippen LogP contribution in [0, 0.1) is 0 Å². The van der Waals surface area contributed by atoms with Gasteiger partial charge in [-0.15, -0.1) is 13.2 Å². The molecule has 148 valence electrons. The lowest BCUT2D eigenvalue weighted by atomic mass is 10.3. The van der Waals surface area contributed by atoms with Crippen molar-refractivity contribution in [2.75, 3.05) is 11.9 Å². The largest absolute Gasteiger partial charge is 0.573 e. The van der Waals surface area contributed by atoms with Gasteiger partial charge in [0.15, 0.2) is 0 Å². The van der Waals surface area contributed by atoms with Gasteiger partial charge in [-0.05, 0) is 42.8 Å². The topological polar surface area (TPSA) is 96.5 Å². The molecule has 0 saturated heterocycles. The molecular weight excluding hydrogens is 379 g/mol. The molecule has 0 atom stereocenters. The summed E-state index contributed by atoms with van der Waals surface area (Å²) >= 11 is 0. The Labute approximate surface area is 157 Å². The molecule has 0 saturated carbocycles. The maximum Gasteiger partial charge on any atom is 0.573 e. The molecule has 3 N–H and O–H groups in total. The first-order valence-corrected chi connectivity index (χ1v) is 8.26. The number of hydrogen-bond acceptors (Lipinski definition) is 5. The minimum Gasteiger partial charge on any atom is -0.494 e. The molecule has 0 amide bonds. The van der Waals surface area contributed by atoms with Gasteiger partial charge in [0, 0.05) is 18.2 Å². The molecule has 0 unspecified atom stereocenters. The first-order valence-electron chi connectivity index (χ1n) is 8.26. The number of nitrogens with zero attached hydrogens (tertiary/aromatic N) is 1. The highest BCUT2D eigenvalue weighted by Gasteiger charge is 2.30. The summed E-state index contributed by atoms with van der Waals surface area (Å²) in [4.78, 5) is 17.9. The number of H-pyrrole nitrogens is 1. The van der Waals surface area contributed by atoms with Crippen molar-refractivity contribution in [2.45, 2.75) is 19.2 Å². The van der Waals surface area contributed by atoms with Crippen LogP contribution in [0.2, 0.25) is 0 Å². The Morgan fingerprint density at radius 2 is 1.86 bits per heavy atom. The Bertz CT molecular complexity index is 955. The predicted molar refractivity (Wildman–Crippen MR) is 94.9 cm³/mol. The predicted octanol–water partition coefficient (Wildman–Crippen LogP) is 4.45. The maximum absolute atomic E-state index is 12.2. The van der Waals surface area contributed by atoms with E-state index in [-0.39, 0.29) is 18.8 Å². The van der Waals surface area contributed by atoms with E-state index in [0.29, 0.717) is 34.8 Å². The number of nitrogens with one attached hydrogen (secondary N) is 2. The minimum absolute atomic E-state index is 0.0349. The summed E-state index contributed by atoms with van der Waals surface area (Å²) in [5.74, 6) is -0.210. The Kier molecular flexibility index (Phi) is 5.57. The molecule has 1 aromatic heterocycles. The van der Waals surface area contributed by atoms with E-state index in [1.165, 1.54) is 24.3 Å². The van der Waals surface area contributed by atoms with Crippen LogP contribution in [0.3, 0.4) is 0 Å². The van der Waals surface area contributed by atoms with E-state index in [2.05, 4.69) is 20.0 Å². The number of hydrogen-bond donors (Lipinski definition) is 3. The fourth-order valence-electron chi connectivity index (χ4n) is 2.43. The zero-order chi connectivity index (χ0) is 20.1. The van der Waals surface area contributed by atoms with Crippen LogP contribution in [0.5, 0.6) is 11.5 Å². The van der Waals surface area contributed by atoms with E-state index >= 15 is 0 Å². The smallest absolute Gasteiger partial charge is 0.494 e. The van der Waals surface area contributed by atoms with Gasteiger partial charge in [-0.25, -0.2) is 4.98 Å². The third kappa shape index (κ3) is 5.53. The van der Waals surface area contributed by atoms with Gasteiger partial charge in [0.1, 0.15) is 11.5 Å². The summed E-state index contributed by atoms with van der Waals surface area (Å²) in [6.45, 7) is 0.281. The average molecular weight is 395 g/mol. The number of imidazole rings is 1. The van der Waals surface area contributed by atoms with E-state index in [1.54, 1.807) is 18.2 Å². The van der Waals surface area contributed by atoms with Crippen LogP contribution in [0.25, 0.3) is 11.0 Å². The SMILES string of the molecule is O=C(O)CCCOc1ccc2nc(Nc3ccc(OC(F)(F)F)cc3)[nH]c2c1. The van der Waals surface area contributed by atoms with Crippen molar-refractivity contribution in [1.82, 2.24) is 9.97 Å². The Morgan fingerprint density at radius 1 is 1.14 bits per heavy atom. The van der Waals surface area contributed by atoms with Crippen molar-refractivity contribution >= 4 is 28.6 Å². The number of fused-ring (bicyclic) bond motifs is 1. The fraction of sp³-hybridized carbons (Fsp3) is 0.222. The zero-order valence-corrected chi connectivity index (χ0v) is 14.4. The molecule has 10 heteroatoms. The number of aromatic amines is 1. The minimum atomic E-state index is -4.74. The number of carboxylic acid groups (broad SMARTS) is 1. The van der Waals surface area contributed by atoms with Gasteiger partial charge in [-0.2, -0.15) is 0 Å². The summed E-state index contributed by atoms with van der Waals surface area (Å²) in [6.07, 6.45) is -4.30. The fourth-order valence-corrected chi connectivity index (χ4v) is 2.43. The van der Waals surface area contributed by atoms with Crippen LogP contribution in [-0.2, 0) is 4.79 Å². The third-order valence-corrected chi connectivity index (χ3v) is 3.61. The number of benzene rings is 2. The van der Waals surface area contributed by atoms with E-state index in [4.69, 9.17) is 9.84 Å². The van der Waals surface area contributed by atoms with Crippen molar-refractivity contribution in [3.8, 4) is 11.5 Å². The number of aliphatic carboxylic acids is 1. The van der Waals surface area contributed by atoms with Gasteiger partial charge >= 0.3 is 12.3 Å². The Balaban J connectivity index is 1.63. The van der Waals surface area contributed by atoms with Crippen LogP contribution in [0.4, 0.5) is 24.8 Å². The van der Waals surface area contributed by atoms with E-state index in [9.17, 15) is 18.0 Å². The molecule has 3 aromatic rings. The normalized spacial score (nSPS) is 11.4. The molecule has 0 bridgehead atoms. The van der Waals surface area contributed by atoms with Gasteiger partial charge in [-0.3, -0.25) is 4.79 Å². The van der Waals surface area contributed by atoms with Gasteiger partial charge in [-0.1, -0.05) is 0 Å². The number of alkyl halides is 3. The van der Waals surface area contributed by atoms with Crippen molar-refractivity contribution in [1.29, 1.82) is 0 Å². The Morgan fingerprint density at radius 3 is 2.54 bits per heavy atom. The monoisotopic (exact) mass is 395 g/mol. The third-order valence-electron chi connectivity index (χ3n) is 3.61. The second-order valence-electron chi connectivity index (χ2n) is 5.81. The zero-order valence-electron chi connectivity index (χ0n) is 14.4. The van der Waals surface area contributed by atoms with Crippen LogP contribution in [0.15, 0.2) is 42.5 Å². The summed E-state index contributed by atoms with van der Waals surface area (Å²) in [6, 6.07) is 10.5. The number of carboxylic acids is 1. The highest BCUT2D eigenvalue weighted by molar-refractivity contribution is 5.80. The summed E-state index contributed by atoms with van der Waals surface area (Å²) in [5, 5.41) is 11.6. The molecule has 0 aliphatic carbocycles. The summed E-state index contributed by atoms with van der Waals surface area (Å²) in [5.41, 5.74) is 1.88. The molecule has 0 aliphatic heterocycles. The highest BCUT2D eigenvalue weighted by atomic mass is 19.4. The number of carbonyl (C=O) groups is 1. The lowest BCUT2D eigenvalue weighted by Crippen LogP contribution is -2.16. The Hall–Kier alpha value is -3.43. The van der Waals surface area contributed by atoms with Crippen LogP contribution in [-0.4, -0.2) is 34.0 Å². The molecule has 3 rings (SSSR count). The van der Waals surface area contributed by atoms with Gasteiger partial charge in [0.05, 0.1) is 17.6 Å². The molecule has 28 heavy (non-hydrogen) atoms. The summed E-state index contributed by atoms with van der Waals surface area (Å²) in [7, 11) is 0. The van der Waals surface area contributed by atoms with Gasteiger partial charge in [0.2, 0.25) is 5.95 Å². The number of rotatable bonds is 8. The van der Waals surface area contributed by atoms with Crippen molar-refractivity contribution in [3.63, 3.8) is 0 Å². The van der Waals surface area contributed by atoms with Crippen molar-refractivity contribution < 1.29 is 32.5 Å². The average Bonchev–Trinajstić information content (AvgIpc) is 3.00. The first-order chi connectivity index (χ1) is 13.3.